The molecule has 0 amide bonds. The van der Waals surface area contributed by atoms with Gasteiger partial charge in [0.15, 0.2) is 17.5 Å². The van der Waals surface area contributed by atoms with Gasteiger partial charge in [0.05, 0.1) is 11.0 Å². The van der Waals surface area contributed by atoms with Crippen LogP contribution >= 0.6 is 0 Å². The molecule has 2 heterocycles. The van der Waals surface area contributed by atoms with E-state index in [0.29, 0.717) is 17.5 Å². The number of aromatic nitrogens is 4. The lowest BCUT2D eigenvalue weighted by molar-refractivity contribution is 0.660. The Balaban J connectivity index is 1.03. The van der Waals surface area contributed by atoms with E-state index >= 15 is 0 Å². The largest absolute Gasteiger partial charge is 0.309 e. The van der Waals surface area contributed by atoms with Crippen molar-refractivity contribution in [2.45, 2.75) is 19.3 Å². The number of para-hydroxylation sites is 1. The second-order valence-electron chi connectivity index (χ2n) is 15.6. The molecule has 8 aromatic carbocycles. The minimum absolute atomic E-state index is 0.0627. The van der Waals surface area contributed by atoms with Gasteiger partial charge in [-0.3, -0.25) is 0 Å². The van der Waals surface area contributed by atoms with Crippen molar-refractivity contribution < 1.29 is 0 Å². The van der Waals surface area contributed by atoms with Crippen LogP contribution in [-0.2, 0) is 5.41 Å². The summed E-state index contributed by atoms with van der Waals surface area (Å²) in [5.41, 5.74) is 16.4. The average Bonchev–Trinajstić information content (AvgIpc) is 3.74. The van der Waals surface area contributed by atoms with Crippen LogP contribution in [0.1, 0.15) is 25.0 Å². The Morgan fingerprint density at radius 2 is 0.862 bits per heavy atom. The van der Waals surface area contributed by atoms with Crippen molar-refractivity contribution in [1.29, 1.82) is 0 Å². The molecule has 1 aliphatic carbocycles. The van der Waals surface area contributed by atoms with E-state index in [2.05, 4.69) is 152 Å². The summed E-state index contributed by atoms with van der Waals surface area (Å²) in [6, 6.07) is 69.1. The van der Waals surface area contributed by atoms with Gasteiger partial charge in [-0.15, -0.1) is 0 Å². The van der Waals surface area contributed by atoms with Crippen LogP contribution in [0, 0.1) is 0 Å². The van der Waals surface area contributed by atoms with Gasteiger partial charge in [-0.1, -0.05) is 172 Å². The lowest BCUT2D eigenvalue weighted by Crippen LogP contribution is -2.14. The van der Waals surface area contributed by atoms with Crippen LogP contribution in [0.15, 0.2) is 194 Å². The summed E-state index contributed by atoms with van der Waals surface area (Å²) >= 11 is 0. The molecule has 1 aliphatic rings. The SMILES string of the molecule is CC1(C)c2ccccc2-c2ccc(-c3ccccc3-c3ccc4c(c3)c3ccccc3n4-c3cccc(-c4nc(-c5ccccc5)nc(-c5ccccc5)n4)c3)cc21. The molecule has 0 bridgehead atoms. The molecular weight excluding hydrogens is 705 g/mol. The van der Waals surface area contributed by atoms with E-state index in [9.17, 15) is 0 Å². The highest BCUT2D eigenvalue weighted by molar-refractivity contribution is 6.11. The summed E-state index contributed by atoms with van der Waals surface area (Å²) in [7, 11) is 0. The van der Waals surface area contributed by atoms with E-state index in [1.807, 2.05) is 60.7 Å². The minimum Gasteiger partial charge on any atom is -0.309 e. The number of benzene rings is 8. The lowest BCUT2D eigenvalue weighted by Gasteiger charge is -2.22. The molecule has 11 rings (SSSR count). The molecule has 0 atom stereocenters. The van der Waals surface area contributed by atoms with Gasteiger partial charge in [-0.2, -0.15) is 0 Å². The second-order valence-corrected chi connectivity index (χ2v) is 15.6. The zero-order valence-corrected chi connectivity index (χ0v) is 32.3. The zero-order valence-electron chi connectivity index (χ0n) is 32.3. The van der Waals surface area contributed by atoms with Gasteiger partial charge >= 0.3 is 0 Å². The van der Waals surface area contributed by atoms with E-state index in [1.165, 1.54) is 55.3 Å². The third kappa shape index (κ3) is 5.48. The fraction of sp³-hybridized carbons (Fsp3) is 0.0556. The van der Waals surface area contributed by atoms with Gasteiger partial charge < -0.3 is 4.57 Å². The normalized spacial score (nSPS) is 12.8. The summed E-state index contributed by atoms with van der Waals surface area (Å²) < 4.78 is 2.36. The molecule has 274 valence electrons. The maximum absolute atomic E-state index is 5.03. The molecule has 0 fully saturated rings. The first-order valence-electron chi connectivity index (χ1n) is 19.9. The summed E-state index contributed by atoms with van der Waals surface area (Å²) in [6.45, 7) is 4.70. The van der Waals surface area contributed by atoms with Gasteiger partial charge in [0.25, 0.3) is 0 Å². The highest BCUT2D eigenvalue weighted by Crippen LogP contribution is 2.50. The smallest absolute Gasteiger partial charge is 0.164 e. The maximum atomic E-state index is 5.03. The molecule has 0 radical (unpaired) electrons. The Kier molecular flexibility index (Phi) is 7.80. The van der Waals surface area contributed by atoms with Crippen LogP contribution in [0.3, 0.4) is 0 Å². The first kappa shape index (κ1) is 33.9. The van der Waals surface area contributed by atoms with Gasteiger partial charge in [0.1, 0.15) is 0 Å². The summed E-state index contributed by atoms with van der Waals surface area (Å²) in [5.74, 6) is 1.93. The second kappa shape index (κ2) is 13.4. The summed E-state index contributed by atoms with van der Waals surface area (Å²) in [4.78, 5) is 15.0. The van der Waals surface area contributed by atoms with Crippen LogP contribution in [-0.4, -0.2) is 19.5 Å². The Morgan fingerprint density at radius 3 is 1.57 bits per heavy atom. The number of hydrogen-bond donors (Lipinski definition) is 0. The molecule has 4 heteroatoms. The van der Waals surface area contributed by atoms with Crippen LogP contribution in [0.25, 0.3) is 95.0 Å². The standard InChI is InChI=1S/C54H38N4/c1-54(2)47-26-13-11-24-43(47)44-30-28-38(34-48(44)54)42-23-10-9-22-41(42)37-29-31-50-46(33-37)45-25-12-14-27-49(45)58(50)40-21-15-20-39(32-40)53-56-51(35-16-5-3-6-17-35)55-52(57-53)36-18-7-4-8-19-36/h3-34H,1-2H3. The van der Waals surface area contributed by atoms with Crippen molar-refractivity contribution in [1.82, 2.24) is 19.5 Å². The molecule has 4 nitrogen and oxygen atoms in total. The van der Waals surface area contributed by atoms with Crippen molar-refractivity contribution in [3.63, 3.8) is 0 Å². The third-order valence-corrected chi connectivity index (χ3v) is 11.9. The number of fused-ring (bicyclic) bond motifs is 6. The highest BCUT2D eigenvalue weighted by Gasteiger charge is 2.35. The minimum atomic E-state index is -0.0627. The van der Waals surface area contributed by atoms with E-state index in [1.54, 1.807) is 0 Å². The molecular formula is C54H38N4. The third-order valence-electron chi connectivity index (χ3n) is 11.9. The molecule has 0 saturated carbocycles. The molecule has 58 heavy (non-hydrogen) atoms. The Labute approximate surface area is 337 Å². The zero-order chi connectivity index (χ0) is 38.8. The molecule has 0 saturated heterocycles. The van der Waals surface area contributed by atoms with Gasteiger partial charge in [-0.25, -0.2) is 15.0 Å². The lowest BCUT2D eigenvalue weighted by atomic mass is 9.81. The Hall–Kier alpha value is -7.43. The first-order chi connectivity index (χ1) is 28.5. The predicted molar refractivity (Wildman–Crippen MR) is 239 cm³/mol. The molecule has 0 spiro atoms. The van der Waals surface area contributed by atoms with Crippen molar-refractivity contribution >= 4 is 21.8 Å². The van der Waals surface area contributed by atoms with Crippen LogP contribution in [0.2, 0.25) is 0 Å². The molecule has 10 aromatic rings. The summed E-state index contributed by atoms with van der Waals surface area (Å²) in [6.07, 6.45) is 0. The Morgan fingerprint density at radius 1 is 0.345 bits per heavy atom. The van der Waals surface area contributed by atoms with E-state index in [4.69, 9.17) is 15.0 Å². The summed E-state index contributed by atoms with van der Waals surface area (Å²) in [5, 5.41) is 2.41. The van der Waals surface area contributed by atoms with Crippen molar-refractivity contribution in [3.8, 4) is 73.2 Å². The van der Waals surface area contributed by atoms with Gasteiger partial charge in [0, 0.05) is 38.6 Å². The first-order valence-corrected chi connectivity index (χ1v) is 19.9. The molecule has 0 unspecified atom stereocenters. The quantitative estimate of drug-likeness (QED) is 0.170. The fourth-order valence-corrected chi connectivity index (χ4v) is 9.00. The molecule has 2 aromatic heterocycles. The predicted octanol–water partition coefficient (Wildman–Crippen LogP) is 13.6. The number of rotatable bonds is 6. The van der Waals surface area contributed by atoms with Gasteiger partial charge in [-0.05, 0) is 80.9 Å². The van der Waals surface area contributed by atoms with E-state index in [0.717, 1.165) is 33.4 Å². The van der Waals surface area contributed by atoms with E-state index < -0.39 is 0 Å². The van der Waals surface area contributed by atoms with Crippen LogP contribution in [0.4, 0.5) is 0 Å². The van der Waals surface area contributed by atoms with Gasteiger partial charge in [0.2, 0.25) is 0 Å². The van der Waals surface area contributed by atoms with Crippen LogP contribution in [0.5, 0.6) is 0 Å². The number of nitrogens with zero attached hydrogens (tertiary/aromatic N) is 4. The average molecular weight is 743 g/mol. The Bertz CT molecular complexity index is 3140. The van der Waals surface area contributed by atoms with Crippen molar-refractivity contribution in [2.24, 2.45) is 0 Å². The van der Waals surface area contributed by atoms with Crippen molar-refractivity contribution in [3.05, 3.63) is 205 Å². The monoisotopic (exact) mass is 742 g/mol. The van der Waals surface area contributed by atoms with Crippen molar-refractivity contribution in [2.75, 3.05) is 0 Å². The highest BCUT2D eigenvalue weighted by atomic mass is 15.0. The fourth-order valence-electron chi connectivity index (χ4n) is 9.00. The molecule has 0 aliphatic heterocycles. The van der Waals surface area contributed by atoms with Crippen LogP contribution < -0.4 is 0 Å². The van der Waals surface area contributed by atoms with E-state index in [-0.39, 0.29) is 5.41 Å². The molecule has 0 N–H and O–H groups in total. The maximum Gasteiger partial charge on any atom is 0.164 e. The number of hydrogen-bond acceptors (Lipinski definition) is 3. The topological polar surface area (TPSA) is 43.6 Å².